The largest absolute Gasteiger partial charge is 0.493 e. The summed E-state index contributed by atoms with van der Waals surface area (Å²) in [6, 6.07) is 3.48. The first-order chi connectivity index (χ1) is 12.4. The van der Waals surface area contributed by atoms with Crippen molar-refractivity contribution in [3.63, 3.8) is 0 Å². The number of nitrogens with one attached hydrogen (secondary N) is 2. The van der Waals surface area contributed by atoms with Crippen LogP contribution < -0.4 is 25.2 Å². The lowest BCUT2D eigenvalue weighted by molar-refractivity contribution is 0.212. The lowest BCUT2D eigenvalue weighted by atomic mass is 10.2. The van der Waals surface area contributed by atoms with E-state index in [4.69, 9.17) is 9.47 Å². The Morgan fingerprint density at radius 3 is 2.50 bits per heavy atom. The molecule has 0 aliphatic heterocycles. The van der Waals surface area contributed by atoms with Crippen LogP contribution in [-0.4, -0.2) is 51.8 Å². The number of carbonyl (C=O) groups excluding carboxylic acids is 1. The van der Waals surface area contributed by atoms with Crippen LogP contribution in [0.5, 0.6) is 11.5 Å². The molecule has 0 spiro atoms. The molecule has 1 aromatic carbocycles. The van der Waals surface area contributed by atoms with Crippen LogP contribution >= 0.6 is 0 Å². The van der Waals surface area contributed by atoms with E-state index in [2.05, 4.69) is 29.9 Å². The van der Waals surface area contributed by atoms with E-state index in [0.717, 1.165) is 5.39 Å². The standard InChI is InChI=1S/C14H19N5O6S/c1-23-11-6-9-10(7-12(11)24-2)17-8-18-13(9)16-4-3-5-19-26(21,22)25-14(15)20/h6-8,19H,3-5H2,1-2H3,(H2,15,20)(H,16,17,18). The maximum Gasteiger partial charge on any atom is 0.421 e. The number of hydrogen-bond acceptors (Lipinski definition) is 9. The molecule has 4 N–H and O–H groups in total. The molecule has 1 amide bonds. The lowest BCUT2D eigenvalue weighted by Gasteiger charge is -2.12. The summed E-state index contributed by atoms with van der Waals surface area (Å²) in [5.41, 5.74) is 5.32. The molecule has 0 atom stereocenters. The van der Waals surface area contributed by atoms with Gasteiger partial charge in [0.2, 0.25) is 0 Å². The van der Waals surface area contributed by atoms with E-state index in [1.54, 1.807) is 12.1 Å². The van der Waals surface area contributed by atoms with Gasteiger partial charge in [0.05, 0.1) is 19.7 Å². The number of aromatic nitrogens is 2. The van der Waals surface area contributed by atoms with E-state index in [1.807, 2.05) is 0 Å². The van der Waals surface area contributed by atoms with Gasteiger partial charge in [-0.3, -0.25) is 0 Å². The summed E-state index contributed by atoms with van der Waals surface area (Å²) in [5, 5.41) is 3.81. The number of fused-ring (bicyclic) bond motifs is 1. The predicted octanol–water partition coefficient (Wildman–Crippen LogP) is 0.379. The fourth-order valence-electron chi connectivity index (χ4n) is 2.15. The Bertz CT molecular complexity index is 889. The molecule has 0 aliphatic carbocycles. The molecule has 0 radical (unpaired) electrons. The quantitative estimate of drug-likeness (QED) is 0.519. The van der Waals surface area contributed by atoms with E-state index < -0.39 is 16.4 Å². The topological polar surface area (TPSA) is 155 Å². The zero-order chi connectivity index (χ0) is 19.2. The molecule has 1 heterocycles. The van der Waals surface area contributed by atoms with Gasteiger partial charge in [-0.2, -0.15) is 13.1 Å². The summed E-state index contributed by atoms with van der Waals surface area (Å²) >= 11 is 0. The molecule has 142 valence electrons. The van der Waals surface area contributed by atoms with E-state index >= 15 is 0 Å². The molecule has 0 fully saturated rings. The van der Waals surface area contributed by atoms with Gasteiger partial charge in [0.1, 0.15) is 12.1 Å². The molecule has 2 rings (SSSR count). The normalized spacial score (nSPS) is 11.2. The molecule has 0 aliphatic rings. The van der Waals surface area contributed by atoms with Crippen LogP contribution in [0.4, 0.5) is 10.6 Å². The van der Waals surface area contributed by atoms with Gasteiger partial charge in [-0.25, -0.2) is 14.8 Å². The summed E-state index contributed by atoms with van der Waals surface area (Å²) in [6.45, 7) is 0.447. The molecule has 1 aromatic heterocycles. The maximum atomic E-state index is 11.3. The highest BCUT2D eigenvalue weighted by Crippen LogP contribution is 2.33. The smallest absolute Gasteiger partial charge is 0.421 e. The zero-order valence-corrected chi connectivity index (χ0v) is 15.0. The number of amides is 1. The van der Waals surface area contributed by atoms with E-state index in [9.17, 15) is 13.2 Å². The summed E-state index contributed by atoms with van der Waals surface area (Å²) in [7, 11) is -1.12. The van der Waals surface area contributed by atoms with Gasteiger partial charge >= 0.3 is 16.4 Å². The number of nitrogens with two attached hydrogens (primary N) is 1. The van der Waals surface area contributed by atoms with Crippen LogP contribution in [0.25, 0.3) is 10.9 Å². The number of nitrogens with zero attached hydrogens (tertiary/aromatic N) is 2. The van der Waals surface area contributed by atoms with Gasteiger partial charge in [-0.1, -0.05) is 0 Å². The predicted molar refractivity (Wildman–Crippen MR) is 93.3 cm³/mol. The third-order valence-corrected chi connectivity index (χ3v) is 4.20. The van der Waals surface area contributed by atoms with Gasteiger partial charge in [0.25, 0.3) is 0 Å². The van der Waals surface area contributed by atoms with Crippen LogP contribution in [0.2, 0.25) is 0 Å². The highest BCUT2D eigenvalue weighted by Gasteiger charge is 2.13. The van der Waals surface area contributed by atoms with Gasteiger partial charge in [0.15, 0.2) is 11.5 Å². The number of ether oxygens (including phenoxy) is 2. The van der Waals surface area contributed by atoms with Crippen LogP contribution in [-0.2, 0) is 14.5 Å². The summed E-state index contributed by atoms with van der Waals surface area (Å²) in [4.78, 5) is 18.8. The fraction of sp³-hybridized carbons (Fsp3) is 0.357. The van der Waals surface area contributed by atoms with E-state index in [0.29, 0.717) is 35.8 Å². The minimum absolute atomic E-state index is 0.0444. The minimum Gasteiger partial charge on any atom is -0.493 e. The fourth-order valence-corrected chi connectivity index (χ4v) is 2.82. The number of primary amides is 1. The lowest BCUT2D eigenvalue weighted by Crippen LogP contribution is -2.31. The van der Waals surface area contributed by atoms with E-state index in [-0.39, 0.29) is 6.54 Å². The van der Waals surface area contributed by atoms with Crippen LogP contribution in [0.1, 0.15) is 6.42 Å². The van der Waals surface area contributed by atoms with Crippen molar-refractivity contribution in [1.82, 2.24) is 14.7 Å². The molecular weight excluding hydrogens is 366 g/mol. The summed E-state index contributed by atoms with van der Waals surface area (Å²) in [5.74, 6) is 1.65. The van der Waals surface area contributed by atoms with Gasteiger partial charge < -0.3 is 24.7 Å². The number of hydrogen-bond donors (Lipinski definition) is 3. The molecule has 0 bridgehead atoms. The molecule has 26 heavy (non-hydrogen) atoms. The third-order valence-electron chi connectivity index (χ3n) is 3.26. The van der Waals surface area contributed by atoms with Gasteiger partial charge in [-0.15, -0.1) is 0 Å². The Labute approximate surface area is 150 Å². The maximum absolute atomic E-state index is 11.3. The molecule has 0 saturated heterocycles. The molecule has 0 saturated carbocycles. The highest BCUT2D eigenvalue weighted by atomic mass is 32.2. The Hall–Kier alpha value is -2.86. The van der Waals surface area contributed by atoms with Crippen molar-refractivity contribution >= 4 is 33.1 Å². The van der Waals surface area contributed by atoms with Crippen molar-refractivity contribution in [2.45, 2.75) is 6.42 Å². The van der Waals surface area contributed by atoms with Crippen molar-refractivity contribution in [2.24, 2.45) is 5.73 Å². The zero-order valence-electron chi connectivity index (χ0n) is 14.2. The van der Waals surface area contributed by atoms with Crippen molar-refractivity contribution < 1.29 is 26.9 Å². The van der Waals surface area contributed by atoms with Gasteiger partial charge in [0, 0.05) is 24.5 Å². The monoisotopic (exact) mass is 385 g/mol. The van der Waals surface area contributed by atoms with Crippen molar-refractivity contribution in [1.29, 1.82) is 0 Å². The summed E-state index contributed by atoms with van der Waals surface area (Å²) in [6.07, 6.45) is 0.410. The molecule has 11 nitrogen and oxygen atoms in total. The molecule has 2 aromatic rings. The average Bonchev–Trinajstić information content (AvgIpc) is 2.59. The second-order valence-electron chi connectivity index (χ2n) is 4.98. The molecular formula is C14H19N5O6S. The number of rotatable bonds is 9. The Balaban J connectivity index is 2.00. The second kappa shape index (κ2) is 8.49. The van der Waals surface area contributed by atoms with Crippen molar-refractivity contribution in [3.8, 4) is 11.5 Å². The molecule has 12 heteroatoms. The van der Waals surface area contributed by atoms with Crippen molar-refractivity contribution in [3.05, 3.63) is 18.5 Å². The minimum atomic E-state index is -4.19. The Morgan fingerprint density at radius 2 is 1.85 bits per heavy atom. The van der Waals surface area contributed by atoms with Crippen LogP contribution in [0, 0.1) is 0 Å². The van der Waals surface area contributed by atoms with Crippen LogP contribution in [0.3, 0.4) is 0 Å². The first-order valence-electron chi connectivity index (χ1n) is 7.45. The third kappa shape index (κ3) is 5.07. The Kier molecular flexibility index (Phi) is 6.36. The number of anilines is 1. The highest BCUT2D eigenvalue weighted by molar-refractivity contribution is 7.85. The second-order valence-corrected chi connectivity index (χ2v) is 6.34. The molecule has 0 unspecified atom stereocenters. The van der Waals surface area contributed by atoms with Crippen molar-refractivity contribution in [2.75, 3.05) is 32.6 Å². The number of carbonyl (C=O) groups is 1. The number of methoxy groups -OCH3 is 2. The summed E-state index contributed by atoms with van der Waals surface area (Å²) < 4.78 is 39.1. The number of benzene rings is 1. The SMILES string of the molecule is COc1cc2ncnc(NCCCNS(=O)(=O)OC(N)=O)c2cc1OC. The van der Waals surface area contributed by atoms with E-state index in [1.165, 1.54) is 20.5 Å². The first kappa shape index (κ1) is 19.5. The Morgan fingerprint density at radius 1 is 1.15 bits per heavy atom. The first-order valence-corrected chi connectivity index (χ1v) is 8.86. The van der Waals surface area contributed by atoms with Crippen LogP contribution in [0.15, 0.2) is 18.5 Å². The van der Waals surface area contributed by atoms with Gasteiger partial charge in [-0.05, 0) is 12.5 Å². The average molecular weight is 385 g/mol.